The van der Waals surface area contributed by atoms with Crippen molar-refractivity contribution in [1.29, 1.82) is 0 Å². The summed E-state index contributed by atoms with van der Waals surface area (Å²) < 4.78 is 5.42. The maximum absolute atomic E-state index is 10.2. The minimum absolute atomic E-state index is 0.142. The van der Waals surface area contributed by atoms with Gasteiger partial charge in [-0.25, -0.2) is 0 Å². The molecule has 1 rings (SSSR count). The van der Waals surface area contributed by atoms with Gasteiger partial charge >= 0.3 is 0 Å². The van der Waals surface area contributed by atoms with Gasteiger partial charge in [-0.1, -0.05) is 12.1 Å². The number of ether oxygens (including phenoxy) is 1. The summed E-state index contributed by atoms with van der Waals surface area (Å²) in [5.41, 5.74) is 1.61. The molecule has 0 radical (unpaired) electrons. The Morgan fingerprint density at radius 2 is 2.16 bits per heavy atom. The number of methoxy groups -OCH3 is 1. The van der Waals surface area contributed by atoms with Gasteiger partial charge in [0.2, 0.25) is 0 Å². The number of nitrogens with one attached hydrogen (secondary N) is 1. The van der Waals surface area contributed by atoms with Crippen LogP contribution < -0.4 is 10.1 Å². The molecule has 0 aliphatic rings. The van der Waals surface area contributed by atoms with Crippen LogP contribution >= 0.6 is 11.8 Å². The molecule has 1 aromatic rings. The molecule has 0 saturated carbocycles. The Morgan fingerprint density at radius 1 is 1.47 bits per heavy atom. The van der Waals surface area contributed by atoms with Gasteiger partial charge in [0.1, 0.15) is 5.75 Å². The van der Waals surface area contributed by atoms with Crippen molar-refractivity contribution in [3.8, 4) is 5.75 Å². The monoisotopic (exact) mass is 283 g/mol. The first-order valence-electron chi connectivity index (χ1n) is 6.49. The van der Waals surface area contributed by atoms with Gasteiger partial charge in [0.15, 0.2) is 0 Å². The first kappa shape index (κ1) is 16.3. The second-order valence-corrected chi connectivity index (χ2v) is 6.14. The predicted octanol–water partition coefficient (Wildman–Crippen LogP) is 2.77. The molecular weight excluding hydrogens is 258 g/mol. The topological polar surface area (TPSA) is 41.5 Å². The average Bonchev–Trinajstić information content (AvgIpc) is 2.35. The van der Waals surface area contributed by atoms with Crippen LogP contribution in [0.25, 0.3) is 0 Å². The third kappa shape index (κ3) is 5.05. The Labute approximate surface area is 120 Å². The van der Waals surface area contributed by atoms with E-state index in [1.807, 2.05) is 26.2 Å². The highest BCUT2D eigenvalue weighted by atomic mass is 32.2. The van der Waals surface area contributed by atoms with Crippen LogP contribution in [0.2, 0.25) is 0 Å². The van der Waals surface area contributed by atoms with Crippen molar-refractivity contribution in [2.75, 3.05) is 25.7 Å². The molecule has 1 aromatic carbocycles. The predicted molar refractivity (Wildman–Crippen MR) is 83.2 cm³/mol. The normalized spacial score (nSPS) is 15.9. The lowest BCUT2D eigenvalue weighted by atomic mass is 10.0. The van der Waals surface area contributed by atoms with E-state index < -0.39 is 5.60 Å². The molecule has 0 heterocycles. The molecule has 0 bridgehead atoms. The Kier molecular flexibility index (Phi) is 6.17. The maximum atomic E-state index is 10.2. The van der Waals surface area contributed by atoms with Crippen LogP contribution in [0.4, 0.5) is 0 Å². The highest BCUT2D eigenvalue weighted by Gasteiger charge is 2.21. The fourth-order valence-corrected chi connectivity index (χ4v) is 2.74. The van der Waals surface area contributed by atoms with Crippen LogP contribution in [0.15, 0.2) is 18.2 Å². The fraction of sp³-hybridized carbons (Fsp3) is 0.600. The molecule has 2 unspecified atom stereocenters. The summed E-state index contributed by atoms with van der Waals surface area (Å²) in [6, 6.07) is 6.34. The molecule has 0 amide bonds. The molecule has 0 saturated heterocycles. The largest absolute Gasteiger partial charge is 0.496 e. The van der Waals surface area contributed by atoms with Crippen molar-refractivity contribution in [3.63, 3.8) is 0 Å². The van der Waals surface area contributed by atoms with Crippen molar-refractivity contribution in [2.24, 2.45) is 0 Å². The molecule has 108 valence electrons. The summed E-state index contributed by atoms with van der Waals surface area (Å²) in [4.78, 5) is 0. The van der Waals surface area contributed by atoms with Gasteiger partial charge in [0.25, 0.3) is 0 Å². The lowest BCUT2D eigenvalue weighted by molar-refractivity contribution is 0.0819. The Morgan fingerprint density at radius 3 is 2.74 bits per heavy atom. The van der Waals surface area contributed by atoms with E-state index in [9.17, 15) is 5.11 Å². The molecule has 2 atom stereocenters. The van der Waals surface area contributed by atoms with Gasteiger partial charge in [0.05, 0.1) is 12.7 Å². The highest BCUT2D eigenvalue weighted by molar-refractivity contribution is 7.98. The molecule has 0 aliphatic heterocycles. The van der Waals surface area contributed by atoms with E-state index in [1.54, 1.807) is 18.9 Å². The van der Waals surface area contributed by atoms with E-state index in [0.717, 1.165) is 17.1 Å². The summed E-state index contributed by atoms with van der Waals surface area (Å²) in [6.45, 7) is 6.55. The highest BCUT2D eigenvalue weighted by Crippen LogP contribution is 2.26. The van der Waals surface area contributed by atoms with E-state index in [2.05, 4.69) is 24.4 Å². The SMILES string of the molecule is COc1cc(C)ccc1C(C)NCC(C)(O)CSC. The molecule has 0 aliphatic carbocycles. The average molecular weight is 283 g/mol. The first-order valence-corrected chi connectivity index (χ1v) is 7.88. The number of aliphatic hydroxyl groups is 1. The number of benzene rings is 1. The smallest absolute Gasteiger partial charge is 0.123 e. The van der Waals surface area contributed by atoms with Crippen LogP contribution in [0.5, 0.6) is 5.75 Å². The van der Waals surface area contributed by atoms with Crippen LogP contribution in [0.3, 0.4) is 0 Å². The molecule has 0 fully saturated rings. The lowest BCUT2D eigenvalue weighted by Crippen LogP contribution is -2.40. The van der Waals surface area contributed by atoms with Crippen molar-refractivity contribution < 1.29 is 9.84 Å². The fourth-order valence-electron chi connectivity index (χ4n) is 2.02. The Hall–Kier alpha value is -0.710. The van der Waals surface area contributed by atoms with Crippen molar-refractivity contribution >= 4 is 11.8 Å². The quantitative estimate of drug-likeness (QED) is 0.807. The van der Waals surface area contributed by atoms with Gasteiger partial charge in [-0.05, 0) is 38.7 Å². The number of aryl methyl sites for hydroxylation is 1. The molecule has 0 spiro atoms. The second kappa shape index (κ2) is 7.17. The van der Waals surface area contributed by atoms with Gasteiger partial charge in [-0.2, -0.15) is 11.8 Å². The van der Waals surface area contributed by atoms with E-state index in [1.165, 1.54) is 5.56 Å². The third-order valence-electron chi connectivity index (χ3n) is 3.10. The van der Waals surface area contributed by atoms with E-state index in [0.29, 0.717) is 6.54 Å². The summed E-state index contributed by atoms with van der Waals surface area (Å²) in [5, 5.41) is 13.5. The van der Waals surface area contributed by atoms with Crippen LogP contribution in [0.1, 0.15) is 31.0 Å². The Balaban J connectivity index is 2.70. The minimum Gasteiger partial charge on any atom is -0.496 e. The zero-order valence-electron chi connectivity index (χ0n) is 12.5. The molecular formula is C15H25NO2S. The van der Waals surface area contributed by atoms with Gasteiger partial charge < -0.3 is 15.2 Å². The van der Waals surface area contributed by atoms with Gasteiger partial charge in [-0.3, -0.25) is 0 Å². The number of hydrogen-bond donors (Lipinski definition) is 2. The number of rotatable bonds is 7. The number of thioether (sulfide) groups is 1. The van der Waals surface area contributed by atoms with Crippen LogP contribution in [0, 0.1) is 6.92 Å². The van der Waals surface area contributed by atoms with Crippen LogP contribution in [-0.2, 0) is 0 Å². The zero-order chi connectivity index (χ0) is 14.5. The maximum Gasteiger partial charge on any atom is 0.123 e. The molecule has 3 nitrogen and oxygen atoms in total. The standard InChI is InChI=1S/C15H25NO2S/c1-11-6-7-13(14(8-11)18-4)12(2)16-9-15(3,17)10-19-5/h6-8,12,16-17H,9-10H2,1-5H3. The molecule has 19 heavy (non-hydrogen) atoms. The van der Waals surface area contributed by atoms with Gasteiger partial charge in [-0.15, -0.1) is 0 Å². The van der Waals surface area contributed by atoms with E-state index in [4.69, 9.17) is 4.74 Å². The van der Waals surface area contributed by atoms with Crippen LogP contribution in [-0.4, -0.2) is 36.4 Å². The summed E-state index contributed by atoms with van der Waals surface area (Å²) >= 11 is 1.65. The Bertz CT molecular complexity index is 407. The van der Waals surface area contributed by atoms with Crippen molar-refractivity contribution in [2.45, 2.75) is 32.4 Å². The van der Waals surface area contributed by atoms with Gasteiger partial charge in [0, 0.05) is 23.9 Å². The summed E-state index contributed by atoms with van der Waals surface area (Å²) in [6.07, 6.45) is 2.00. The zero-order valence-corrected chi connectivity index (χ0v) is 13.3. The molecule has 0 aromatic heterocycles. The summed E-state index contributed by atoms with van der Waals surface area (Å²) in [7, 11) is 1.69. The van der Waals surface area contributed by atoms with Crippen molar-refractivity contribution in [3.05, 3.63) is 29.3 Å². The summed E-state index contributed by atoms with van der Waals surface area (Å²) in [5.74, 6) is 1.61. The van der Waals surface area contributed by atoms with E-state index >= 15 is 0 Å². The minimum atomic E-state index is -0.689. The second-order valence-electron chi connectivity index (χ2n) is 5.28. The van der Waals surface area contributed by atoms with E-state index in [-0.39, 0.29) is 6.04 Å². The molecule has 2 N–H and O–H groups in total. The third-order valence-corrected chi connectivity index (χ3v) is 4.01. The first-order chi connectivity index (χ1) is 8.89. The number of hydrogen-bond acceptors (Lipinski definition) is 4. The lowest BCUT2D eigenvalue weighted by Gasteiger charge is -2.26. The molecule has 4 heteroatoms. The van der Waals surface area contributed by atoms with Crippen molar-refractivity contribution in [1.82, 2.24) is 5.32 Å².